The van der Waals surface area contributed by atoms with Crippen LogP contribution in [0, 0.1) is 12.8 Å². The number of ether oxygens (including phenoxy) is 1. The van der Waals surface area contributed by atoms with E-state index in [1.807, 2.05) is 32.2 Å². The molecule has 2 atom stereocenters. The van der Waals surface area contributed by atoms with Crippen LogP contribution in [0.25, 0.3) is 21.9 Å². The van der Waals surface area contributed by atoms with Crippen molar-refractivity contribution in [2.24, 2.45) is 5.92 Å². The van der Waals surface area contributed by atoms with Crippen molar-refractivity contribution in [3.63, 3.8) is 0 Å². The summed E-state index contributed by atoms with van der Waals surface area (Å²) in [7, 11) is 0. The van der Waals surface area contributed by atoms with E-state index in [9.17, 15) is 14.4 Å². The Morgan fingerprint density at radius 2 is 1.92 bits per heavy atom. The highest BCUT2D eigenvalue weighted by Gasteiger charge is 2.24. The molecule has 0 saturated heterocycles. The number of hydrogen-bond acceptors (Lipinski definition) is 7. The standard InChI is InChI=1S/C29H31NO6S/c1-4-16(2)22(15-34-29(33)26-10-7-11-37-26)30-27(31)13-20-17(3)19-12-21-18-8-5-6-9-23(18)35-25(21)14-24(19)36-28(20)32/h7,10-12,14,16,22H,4-6,8-9,13,15H2,1-3H3,(H,30,31)/t16-,22-/m0/s1. The van der Waals surface area contributed by atoms with Gasteiger partial charge in [-0.3, -0.25) is 4.79 Å². The summed E-state index contributed by atoms with van der Waals surface area (Å²) in [5.74, 6) is 0.382. The summed E-state index contributed by atoms with van der Waals surface area (Å²) in [6.07, 6.45) is 4.83. The molecule has 0 bridgehead atoms. The van der Waals surface area contributed by atoms with Gasteiger partial charge in [0.25, 0.3) is 0 Å². The Bertz CT molecular complexity index is 1510. The number of benzene rings is 1. The number of nitrogens with one attached hydrogen (secondary N) is 1. The highest BCUT2D eigenvalue weighted by atomic mass is 32.1. The van der Waals surface area contributed by atoms with E-state index in [0.717, 1.165) is 59.8 Å². The molecule has 4 aromatic rings. The van der Waals surface area contributed by atoms with Crippen LogP contribution < -0.4 is 10.9 Å². The van der Waals surface area contributed by atoms with E-state index in [0.29, 0.717) is 16.0 Å². The molecule has 3 heterocycles. The monoisotopic (exact) mass is 521 g/mol. The van der Waals surface area contributed by atoms with E-state index in [-0.39, 0.29) is 30.9 Å². The van der Waals surface area contributed by atoms with Gasteiger partial charge in [-0.05, 0) is 55.2 Å². The highest BCUT2D eigenvalue weighted by Crippen LogP contribution is 2.35. The summed E-state index contributed by atoms with van der Waals surface area (Å²) in [6, 6.07) is 6.95. The fraction of sp³-hybridized carbons (Fsp3) is 0.414. The van der Waals surface area contributed by atoms with Gasteiger partial charge in [0, 0.05) is 28.8 Å². The van der Waals surface area contributed by atoms with Crippen LogP contribution in [0.4, 0.5) is 0 Å². The van der Waals surface area contributed by atoms with Gasteiger partial charge in [-0.1, -0.05) is 26.3 Å². The molecule has 0 saturated carbocycles. The second-order valence-corrected chi connectivity index (χ2v) is 10.8. The van der Waals surface area contributed by atoms with Gasteiger partial charge in [-0.15, -0.1) is 11.3 Å². The normalized spacial score (nSPS) is 14.9. The molecule has 0 radical (unpaired) electrons. The molecule has 3 aromatic heterocycles. The zero-order valence-electron chi connectivity index (χ0n) is 21.3. The number of esters is 1. The number of rotatable bonds is 8. The minimum atomic E-state index is -0.528. The van der Waals surface area contributed by atoms with Crippen LogP contribution in [-0.4, -0.2) is 24.5 Å². The third-order valence-corrected chi connectivity index (χ3v) is 8.34. The zero-order chi connectivity index (χ0) is 26.1. The number of aryl methyl sites for hydroxylation is 3. The maximum absolute atomic E-state index is 13.1. The molecule has 1 amide bonds. The highest BCUT2D eigenvalue weighted by molar-refractivity contribution is 7.11. The first-order valence-electron chi connectivity index (χ1n) is 12.9. The Morgan fingerprint density at radius 3 is 2.68 bits per heavy atom. The largest absolute Gasteiger partial charge is 0.461 e. The van der Waals surface area contributed by atoms with Gasteiger partial charge in [0.1, 0.15) is 28.4 Å². The van der Waals surface area contributed by atoms with Crippen molar-refractivity contribution in [2.75, 3.05) is 6.61 Å². The van der Waals surface area contributed by atoms with Crippen molar-refractivity contribution in [3.05, 3.63) is 67.4 Å². The molecule has 7 nitrogen and oxygen atoms in total. The van der Waals surface area contributed by atoms with Crippen molar-refractivity contribution < 1.29 is 23.2 Å². The molecule has 37 heavy (non-hydrogen) atoms. The van der Waals surface area contributed by atoms with E-state index in [1.165, 1.54) is 16.9 Å². The number of fused-ring (bicyclic) bond motifs is 4. The van der Waals surface area contributed by atoms with Crippen LogP contribution in [0.15, 0.2) is 43.3 Å². The van der Waals surface area contributed by atoms with Gasteiger partial charge in [-0.25, -0.2) is 9.59 Å². The van der Waals surface area contributed by atoms with Crippen molar-refractivity contribution in [3.8, 4) is 0 Å². The van der Waals surface area contributed by atoms with Crippen LogP contribution in [0.2, 0.25) is 0 Å². The number of hydrogen-bond donors (Lipinski definition) is 1. The van der Waals surface area contributed by atoms with E-state index < -0.39 is 11.6 Å². The Labute approximate surface area is 218 Å². The summed E-state index contributed by atoms with van der Waals surface area (Å²) in [5, 5.41) is 6.66. The third kappa shape index (κ3) is 5.07. The maximum atomic E-state index is 13.1. The molecule has 194 valence electrons. The molecule has 0 aliphatic heterocycles. The van der Waals surface area contributed by atoms with Crippen LogP contribution in [0.3, 0.4) is 0 Å². The molecule has 5 rings (SSSR count). The van der Waals surface area contributed by atoms with Crippen molar-refractivity contribution in [2.45, 2.75) is 65.3 Å². The second-order valence-electron chi connectivity index (χ2n) is 9.86. The average molecular weight is 522 g/mol. The van der Waals surface area contributed by atoms with Crippen molar-refractivity contribution >= 4 is 45.2 Å². The molecule has 1 N–H and O–H groups in total. The smallest absolute Gasteiger partial charge is 0.348 e. The van der Waals surface area contributed by atoms with Crippen LogP contribution in [0.5, 0.6) is 0 Å². The first-order valence-corrected chi connectivity index (χ1v) is 13.7. The zero-order valence-corrected chi connectivity index (χ0v) is 22.2. The van der Waals surface area contributed by atoms with E-state index in [1.54, 1.807) is 18.2 Å². The van der Waals surface area contributed by atoms with Crippen molar-refractivity contribution in [1.82, 2.24) is 5.32 Å². The Morgan fingerprint density at radius 1 is 1.14 bits per heavy atom. The van der Waals surface area contributed by atoms with Crippen molar-refractivity contribution in [1.29, 1.82) is 0 Å². The minimum absolute atomic E-state index is 0.0619. The Balaban J connectivity index is 1.37. The molecule has 0 spiro atoms. The lowest BCUT2D eigenvalue weighted by Crippen LogP contribution is -2.44. The molecular formula is C29H31NO6S. The van der Waals surface area contributed by atoms with Gasteiger partial charge in [-0.2, -0.15) is 0 Å². The summed E-state index contributed by atoms with van der Waals surface area (Å²) >= 11 is 1.31. The predicted octanol–water partition coefficient (Wildman–Crippen LogP) is 5.72. The SMILES string of the molecule is CC[C@H](C)[C@H](COC(=O)c1cccs1)NC(=O)Cc1c(C)c2cc3c4c(oc3cc2oc1=O)CCCC4. The summed E-state index contributed by atoms with van der Waals surface area (Å²) < 4.78 is 17.2. The van der Waals surface area contributed by atoms with Gasteiger partial charge >= 0.3 is 11.6 Å². The number of carbonyl (C=O) groups excluding carboxylic acids is 2. The molecule has 1 aliphatic rings. The first-order chi connectivity index (χ1) is 17.9. The Hall–Kier alpha value is -3.39. The van der Waals surface area contributed by atoms with Gasteiger partial charge in [0.05, 0.1) is 18.0 Å². The van der Waals surface area contributed by atoms with Gasteiger partial charge in [0.15, 0.2) is 0 Å². The van der Waals surface area contributed by atoms with E-state index >= 15 is 0 Å². The summed E-state index contributed by atoms with van der Waals surface area (Å²) in [5.41, 5.74) is 2.98. The summed E-state index contributed by atoms with van der Waals surface area (Å²) in [6.45, 7) is 5.93. The average Bonchev–Trinajstić information content (AvgIpc) is 3.55. The lowest BCUT2D eigenvalue weighted by atomic mass is 9.94. The van der Waals surface area contributed by atoms with E-state index in [4.69, 9.17) is 13.6 Å². The molecule has 8 heteroatoms. The van der Waals surface area contributed by atoms with Crippen LogP contribution in [-0.2, 0) is 28.8 Å². The third-order valence-electron chi connectivity index (χ3n) is 7.49. The molecule has 0 unspecified atom stereocenters. The maximum Gasteiger partial charge on any atom is 0.348 e. The predicted molar refractivity (Wildman–Crippen MR) is 143 cm³/mol. The number of furan rings is 1. The van der Waals surface area contributed by atoms with Crippen LogP contribution >= 0.6 is 11.3 Å². The fourth-order valence-corrected chi connectivity index (χ4v) is 5.65. The molecule has 1 aromatic carbocycles. The number of carbonyl (C=O) groups is 2. The van der Waals surface area contributed by atoms with Crippen LogP contribution in [0.1, 0.15) is 65.2 Å². The first kappa shape index (κ1) is 25.3. The number of thiophene rings is 1. The fourth-order valence-electron chi connectivity index (χ4n) is 5.03. The number of amides is 1. The minimum Gasteiger partial charge on any atom is -0.461 e. The second kappa shape index (κ2) is 10.5. The van der Waals surface area contributed by atoms with E-state index in [2.05, 4.69) is 5.32 Å². The van der Waals surface area contributed by atoms with Gasteiger partial charge < -0.3 is 18.9 Å². The lowest BCUT2D eigenvalue weighted by Gasteiger charge is -2.24. The topological polar surface area (TPSA) is 98.8 Å². The molecule has 0 fully saturated rings. The Kier molecular flexibility index (Phi) is 7.20. The summed E-state index contributed by atoms with van der Waals surface area (Å²) in [4.78, 5) is 38.8. The molecular weight excluding hydrogens is 490 g/mol. The quantitative estimate of drug-likeness (QED) is 0.235. The molecule has 1 aliphatic carbocycles. The van der Waals surface area contributed by atoms with Gasteiger partial charge in [0.2, 0.25) is 5.91 Å². The lowest BCUT2D eigenvalue weighted by molar-refractivity contribution is -0.122.